The summed E-state index contributed by atoms with van der Waals surface area (Å²) in [6, 6.07) is 7.15. The molecule has 112 valence electrons. The molecule has 0 saturated heterocycles. The molecule has 1 N–H and O–H groups in total. The van der Waals surface area contributed by atoms with Crippen LogP contribution in [-0.2, 0) is 4.79 Å². The van der Waals surface area contributed by atoms with E-state index in [1.54, 1.807) is 18.3 Å². The van der Waals surface area contributed by atoms with Gasteiger partial charge in [-0.25, -0.2) is 4.98 Å². The highest BCUT2D eigenvalue weighted by molar-refractivity contribution is 5.94. The van der Waals surface area contributed by atoms with Gasteiger partial charge in [-0.1, -0.05) is 13.8 Å². The maximum atomic E-state index is 12.6. The largest absolute Gasteiger partial charge is 0.480 e. The Labute approximate surface area is 125 Å². The summed E-state index contributed by atoms with van der Waals surface area (Å²) in [4.78, 5) is 16.7. The number of carbonyl (C=O) groups is 1. The van der Waals surface area contributed by atoms with Gasteiger partial charge in [0.15, 0.2) is 0 Å². The second-order valence-electron chi connectivity index (χ2n) is 5.33. The molecule has 0 spiro atoms. The summed E-state index contributed by atoms with van der Waals surface area (Å²) >= 11 is 0. The summed E-state index contributed by atoms with van der Waals surface area (Å²) in [5.41, 5.74) is 0.589. The van der Waals surface area contributed by atoms with Crippen molar-refractivity contribution in [2.75, 3.05) is 12.4 Å². The minimum Gasteiger partial charge on any atom is -0.480 e. The predicted molar refractivity (Wildman–Crippen MR) is 82.3 cm³/mol. The third-order valence-electron chi connectivity index (χ3n) is 3.21. The third-order valence-corrected chi connectivity index (χ3v) is 3.21. The van der Waals surface area contributed by atoms with Crippen molar-refractivity contribution in [3.05, 3.63) is 42.9 Å². The van der Waals surface area contributed by atoms with Gasteiger partial charge in [-0.15, -0.1) is 0 Å². The maximum absolute atomic E-state index is 12.6. The standard InChI is InChI=1S/C16H21N3O2/c1-12(2)11-14(19-9-4-5-10-19)15(20)18-13-7-6-8-17-16(13)21-3/h4-10,12,14H,11H2,1-3H3,(H,18,20)/t14-/m1/s1. The van der Waals surface area contributed by atoms with Gasteiger partial charge in [-0.05, 0) is 36.6 Å². The van der Waals surface area contributed by atoms with Gasteiger partial charge in [0.2, 0.25) is 11.8 Å². The maximum Gasteiger partial charge on any atom is 0.247 e. The Morgan fingerprint density at radius 2 is 2.05 bits per heavy atom. The van der Waals surface area contributed by atoms with Gasteiger partial charge >= 0.3 is 0 Å². The number of carbonyl (C=O) groups excluding carboxylic acids is 1. The van der Waals surface area contributed by atoms with E-state index >= 15 is 0 Å². The second kappa shape index (κ2) is 6.92. The Hall–Kier alpha value is -2.30. The van der Waals surface area contributed by atoms with Crippen molar-refractivity contribution in [2.24, 2.45) is 5.92 Å². The van der Waals surface area contributed by atoms with E-state index in [2.05, 4.69) is 24.1 Å². The molecule has 0 fully saturated rings. The SMILES string of the molecule is COc1ncccc1NC(=O)[C@@H](CC(C)C)n1cccc1. The highest BCUT2D eigenvalue weighted by Gasteiger charge is 2.22. The Kier molecular flexibility index (Phi) is 4.98. The molecule has 5 nitrogen and oxygen atoms in total. The van der Waals surface area contributed by atoms with Gasteiger partial charge in [-0.3, -0.25) is 4.79 Å². The van der Waals surface area contributed by atoms with E-state index in [1.165, 1.54) is 7.11 Å². The van der Waals surface area contributed by atoms with Crippen molar-refractivity contribution in [1.29, 1.82) is 0 Å². The first-order valence-corrected chi connectivity index (χ1v) is 7.04. The lowest BCUT2D eigenvalue weighted by atomic mass is 10.0. The zero-order valence-electron chi connectivity index (χ0n) is 12.6. The summed E-state index contributed by atoms with van der Waals surface area (Å²) in [5, 5.41) is 2.91. The number of amides is 1. The number of nitrogens with one attached hydrogen (secondary N) is 1. The van der Waals surface area contributed by atoms with Crippen LogP contribution in [0.3, 0.4) is 0 Å². The highest BCUT2D eigenvalue weighted by Crippen LogP contribution is 2.24. The summed E-state index contributed by atoms with van der Waals surface area (Å²) in [7, 11) is 1.54. The number of anilines is 1. The number of nitrogens with zero attached hydrogens (tertiary/aromatic N) is 2. The van der Waals surface area contributed by atoms with Gasteiger partial charge in [0, 0.05) is 18.6 Å². The van der Waals surface area contributed by atoms with Gasteiger partial charge in [0.25, 0.3) is 0 Å². The number of hydrogen-bond donors (Lipinski definition) is 1. The van der Waals surface area contributed by atoms with E-state index in [0.29, 0.717) is 17.5 Å². The molecule has 2 aromatic heterocycles. The first kappa shape index (κ1) is 15.1. The van der Waals surface area contributed by atoms with E-state index in [4.69, 9.17) is 4.74 Å². The lowest BCUT2D eigenvalue weighted by Crippen LogP contribution is -2.26. The molecule has 1 atom stereocenters. The molecular formula is C16H21N3O2. The number of hydrogen-bond acceptors (Lipinski definition) is 3. The van der Waals surface area contributed by atoms with E-state index in [0.717, 1.165) is 6.42 Å². The molecule has 0 unspecified atom stereocenters. The van der Waals surface area contributed by atoms with Crippen LogP contribution in [0.15, 0.2) is 42.9 Å². The second-order valence-corrected chi connectivity index (χ2v) is 5.33. The van der Waals surface area contributed by atoms with Crippen LogP contribution in [0, 0.1) is 5.92 Å². The lowest BCUT2D eigenvalue weighted by Gasteiger charge is -2.20. The van der Waals surface area contributed by atoms with Crippen LogP contribution < -0.4 is 10.1 Å². The number of ether oxygens (including phenoxy) is 1. The zero-order valence-corrected chi connectivity index (χ0v) is 12.6. The molecule has 0 saturated carbocycles. The Balaban J connectivity index is 2.19. The lowest BCUT2D eigenvalue weighted by molar-refractivity contribution is -0.119. The van der Waals surface area contributed by atoms with Crippen LogP contribution in [-0.4, -0.2) is 22.6 Å². The first-order valence-electron chi connectivity index (χ1n) is 7.04. The van der Waals surface area contributed by atoms with Crippen LogP contribution in [0.4, 0.5) is 5.69 Å². The molecule has 1 amide bonds. The molecule has 0 bridgehead atoms. The van der Waals surface area contributed by atoms with Gasteiger partial charge < -0.3 is 14.6 Å². The average Bonchev–Trinajstić information content (AvgIpc) is 2.99. The molecule has 0 aliphatic heterocycles. The fraction of sp³-hybridized carbons (Fsp3) is 0.375. The van der Waals surface area contributed by atoms with E-state index in [9.17, 15) is 4.79 Å². The van der Waals surface area contributed by atoms with Crippen molar-refractivity contribution in [3.8, 4) is 5.88 Å². The molecule has 0 aromatic carbocycles. The monoisotopic (exact) mass is 287 g/mol. The van der Waals surface area contributed by atoms with E-state index < -0.39 is 0 Å². The Morgan fingerprint density at radius 3 is 2.67 bits per heavy atom. The molecule has 2 rings (SSSR count). The van der Waals surface area contributed by atoms with Crippen molar-refractivity contribution >= 4 is 11.6 Å². The Morgan fingerprint density at radius 1 is 1.33 bits per heavy atom. The normalized spacial score (nSPS) is 12.2. The van der Waals surface area contributed by atoms with Crippen LogP contribution >= 0.6 is 0 Å². The van der Waals surface area contributed by atoms with E-state index in [1.807, 2.05) is 29.1 Å². The van der Waals surface area contributed by atoms with Crippen LogP contribution in [0.1, 0.15) is 26.3 Å². The van der Waals surface area contributed by atoms with Crippen molar-refractivity contribution in [3.63, 3.8) is 0 Å². The molecule has 2 aromatic rings. The number of methoxy groups -OCH3 is 1. The average molecular weight is 287 g/mol. The summed E-state index contributed by atoms with van der Waals surface area (Å²) in [5.74, 6) is 0.770. The third kappa shape index (κ3) is 3.84. The minimum atomic E-state index is -0.245. The van der Waals surface area contributed by atoms with Crippen LogP contribution in [0.5, 0.6) is 5.88 Å². The van der Waals surface area contributed by atoms with Crippen LogP contribution in [0.2, 0.25) is 0 Å². The predicted octanol–water partition coefficient (Wildman–Crippen LogP) is 3.12. The Bertz CT molecular complexity index is 579. The number of pyridine rings is 1. The molecule has 5 heteroatoms. The number of aromatic nitrogens is 2. The highest BCUT2D eigenvalue weighted by atomic mass is 16.5. The summed E-state index contributed by atoms with van der Waals surface area (Å²) in [6.07, 6.45) is 6.22. The summed E-state index contributed by atoms with van der Waals surface area (Å²) < 4.78 is 7.09. The van der Waals surface area contributed by atoms with Gasteiger partial charge in [0.1, 0.15) is 11.7 Å². The van der Waals surface area contributed by atoms with Crippen molar-refractivity contribution in [1.82, 2.24) is 9.55 Å². The van der Waals surface area contributed by atoms with Crippen LogP contribution in [0.25, 0.3) is 0 Å². The van der Waals surface area contributed by atoms with Gasteiger partial charge in [-0.2, -0.15) is 0 Å². The summed E-state index contributed by atoms with van der Waals surface area (Å²) in [6.45, 7) is 4.21. The smallest absolute Gasteiger partial charge is 0.247 e. The quantitative estimate of drug-likeness (QED) is 0.888. The topological polar surface area (TPSA) is 56.1 Å². The van der Waals surface area contributed by atoms with Crippen molar-refractivity contribution < 1.29 is 9.53 Å². The van der Waals surface area contributed by atoms with Gasteiger partial charge in [0.05, 0.1) is 7.11 Å². The molecule has 0 aliphatic rings. The zero-order chi connectivity index (χ0) is 15.2. The molecule has 2 heterocycles. The van der Waals surface area contributed by atoms with E-state index in [-0.39, 0.29) is 11.9 Å². The molecule has 0 radical (unpaired) electrons. The first-order chi connectivity index (χ1) is 10.1. The molecule has 21 heavy (non-hydrogen) atoms. The fourth-order valence-electron chi connectivity index (χ4n) is 2.23. The number of rotatable bonds is 6. The fourth-order valence-corrected chi connectivity index (χ4v) is 2.23. The molecular weight excluding hydrogens is 266 g/mol. The molecule has 0 aliphatic carbocycles. The van der Waals surface area contributed by atoms with Crippen molar-refractivity contribution in [2.45, 2.75) is 26.3 Å². The minimum absolute atomic E-state index is 0.0637.